The molecule has 1 aliphatic heterocycles. The average molecular weight is 484 g/mol. The van der Waals surface area contributed by atoms with Crippen LogP contribution in [-0.4, -0.2) is 10.7 Å². The quantitative estimate of drug-likeness (QED) is 0.249. The van der Waals surface area contributed by atoms with Crippen LogP contribution in [0, 0.1) is 0 Å². The van der Waals surface area contributed by atoms with Gasteiger partial charge in [-0.2, -0.15) is 0 Å². The summed E-state index contributed by atoms with van der Waals surface area (Å²) in [7, 11) is 0. The monoisotopic (exact) mass is 483 g/mol. The van der Waals surface area contributed by atoms with Crippen LogP contribution in [0.15, 0.2) is 84.9 Å². The Morgan fingerprint density at radius 3 is 2.57 bits per heavy atom. The molecule has 0 radical (unpaired) electrons. The molecule has 184 valence electrons. The molecule has 7 rings (SSSR count). The standard InChI is InChI=1S/C35H33NO/c1-5-23-15-16-24-19-25(37-34(24)18-23)17-14-22(2)36-32-13-9-7-11-27(32)29-20-28-26-10-6-8-12-30(26)35(3,4)31(28)21-33(29)36/h6-16,18,20-21,25H,5,17,19H2,1-4H3/b22-14+. The van der Waals surface area contributed by atoms with E-state index in [1.807, 2.05) is 0 Å². The lowest BCUT2D eigenvalue weighted by Crippen LogP contribution is -2.15. The summed E-state index contributed by atoms with van der Waals surface area (Å²) >= 11 is 0. The van der Waals surface area contributed by atoms with E-state index in [9.17, 15) is 0 Å². The molecule has 0 bridgehead atoms. The van der Waals surface area contributed by atoms with Crippen molar-refractivity contribution in [1.29, 1.82) is 0 Å². The maximum atomic E-state index is 6.36. The highest BCUT2D eigenvalue weighted by Gasteiger charge is 2.36. The Labute approximate surface area is 219 Å². The predicted octanol–water partition coefficient (Wildman–Crippen LogP) is 8.92. The summed E-state index contributed by atoms with van der Waals surface area (Å²) in [5, 5.41) is 2.64. The molecule has 1 aromatic heterocycles. The number of ether oxygens (including phenoxy) is 1. The van der Waals surface area contributed by atoms with Gasteiger partial charge in [0.2, 0.25) is 0 Å². The van der Waals surface area contributed by atoms with Gasteiger partial charge < -0.3 is 9.30 Å². The van der Waals surface area contributed by atoms with Crippen LogP contribution in [0.5, 0.6) is 5.75 Å². The Morgan fingerprint density at radius 2 is 1.70 bits per heavy atom. The highest BCUT2D eigenvalue weighted by atomic mass is 16.5. The molecule has 1 atom stereocenters. The van der Waals surface area contributed by atoms with Gasteiger partial charge in [-0.3, -0.25) is 0 Å². The van der Waals surface area contributed by atoms with Crippen LogP contribution in [0.2, 0.25) is 0 Å². The first kappa shape index (κ1) is 22.4. The van der Waals surface area contributed by atoms with Gasteiger partial charge in [0.15, 0.2) is 0 Å². The number of allylic oxidation sites excluding steroid dienone is 1. The molecular weight excluding hydrogens is 450 g/mol. The van der Waals surface area contributed by atoms with Crippen molar-refractivity contribution in [3.63, 3.8) is 0 Å². The van der Waals surface area contributed by atoms with Gasteiger partial charge in [0.05, 0.1) is 11.0 Å². The minimum atomic E-state index is -0.0141. The second-order valence-corrected chi connectivity index (χ2v) is 11.3. The largest absolute Gasteiger partial charge is 0.489 e. The first-order chi connectivity index (χ1) is 18.0. The summed E-state index contributed by atoms with van der Waals surface area (Å²) in [4.78, 5) is 0. The van der Waals surface area contributed by atoms with Gasteiger partial charge in [0.25, 0.3) is 0 Å². The molecule has 2 heterocycles. The minimum absolute atomic E-state index is 0.0141. The van der Waals surface area contributed by atoms with Crippen molar-refractivity contribution < 1.29 is 4.74 Å². The Kier molecular flexibility index (Phi) is 4.92. The van der Waals surface area contributed by atoms with Gasteiger partial charge in [-0.1, -0.05) is 81.4 Å². The minimum Gasteiger partial charge on any atom is -0.489 e. The lowest BCUT2D eigenvalue weighted by molar-refractivity contribution is 0.236. The third-order valence-corrected chi connectivity index (χ3v) is 8.69. The van der Waals surface area contributed by atoms with Crippen LogP contribution in [-0.2, 0) is 18.3 Å². The summed E-state index contributed by atoms with van der Waals surface area (Å²) in [6, 6.07) is 29.3. The summed E-state index contributed by atoms with van der Waals surface area (Å²) in [6.45, 7) is 9.16. The van der Waals surface area contributed by atoms with E-state index < -0.39 is 0 Å². The summed E-state index contributed by atoms with van der Waals surface area (Å²) in [5.41, 5.74) is 12.1. The second kappa shape index (κ2) is 8.11. The van der Waals surface area contributed by atoms with E-state index in [4.69, 9.17) is 4.74 Å². The molecular formula is C35H33NO. The molecule has 5 aromatic rings. The highest BCUT2D eigenvalue weighted by molar-refractivity contribution is 6.12. The normalized spacial score (nSPS) is 17.6. The summed E-state index contributed by atoms with van der Waals surface area (Å²) < 4.78 is 8.82. The van der Waals surface area contributed by atoms with Crippen molar-refractivity contribution >= 4 is 27.5 Å². The lowest BCUT2D eigenvalue weighted by Gasteiger charge is -2.21. The first-order valence-corrected chi connectivity index (χ1v) is 13.6. The molecule has 1 aliphatic carbocycles. The number of hydrogen-bond donors (Lipinski definition) is 0. The Bertz CT molecular complexity index is 1730. The number of para-hydroxylation sites is 1. The van der Waals surface area contributed by atoms with Gasteiger partial charge in [-0.25, -0.2) is 0 Å². The third-order valence-electron chi connectivity index (χ3n) is 8.69. The third kappa shape index (κ3) is 3.31. The molecule has 2 nitrogen and oxygen atoms in total. The SMILES string of the molecule is CCc1ccc2c(c1)OC(C/C=C(\C)n1c3ccccc3c3cc4c(cc31)C(C)(C)c1ccccc1-4)C2. The number of aryl methyl sites for hydroxylation is 1. The van der Waals surface area contributed by atoms with E-state index in [1.54, 1.807) is 0 Å². The Hall–Kier alpha value is -3.78. The van der Waals surface area contributed by atoms with Crippen molar-refractivity contribution in [2.24, 2.45) is 0 Å². The first-order valence-electron chi connectivity index (χ1n) is 13.6. The molecule has 0 amide bonds. The molecule has 2 aliphatic rings. The van der Waals surface area contributed by atoms with Crippen LogP contribution >= 0.6 is 0 Å². The Morgan fingerprint density at radius 1 is 0.892 bits per heavy atom. The number of hydrogen-bond acceptors (Lipinski definition) is 1. The Balaban J connectivity index is 1.31. The molecule has 2 heteroatoms. The number of nitrogens with zero attached hydrogens (tertiary/aromatic N) is 1. The van der Waals surface area contributed by atoms with Crippen molar-refractivity contribution in [3.8, 4) is 16.9 Å². The van der Waals surface area contributed by atoms with Crippen LogP contribution in [0.1, 0.15) is 56.4 Å². The predicted molar refractivity (Wildman–Crippen MR) is 156 cm³/mol. The molecule has 0 saturated carbocycles. The zero-order valence-electron chi connectivity index (χ0n) is 22.1. The van der Waals surface area contributed by atoms with E-state index >= 15 is 0 Å². The molecule has 0 fully saturated rings. The summed E-state index contributed by atoms with van der Waals surface area (Å²) in [6.07, 6.45) is 5.49. The van der Waals surface area contributed by atoms with Gasteiger partial charge >= 0.3 is 0 Å². The molecule has 0 saturated heterocycles. The van der Waals surface area contributed by atoms with Crippen molar-refractivity contribution in [2.45, 2.75) is 58.5 Å². The summed E-state index contributed by atoms with van der Waals surface area (Å²) in [5.74, 6) is 1.07. The smallest absolute Gasteiger partial charge is 0.123 e. The van der Waals surface area contributed by atoms with E-state index in [2.05, 4.69) is 117 Å². The number of aromatic nitrogens is 1. The fourth-order valence-electron chi connectivity index (χ4n) is 6.63. The van der Waals surface area contributed by atoms with E-state index in [1.165, 1.54) is 60.9 Å². The fraction of sp³-hybridized carbons (Fsp3) is 0.257. The maximum absolute atomic E-state index is 6.36. The lowest BCUT2D eigenvalue weighted by atomic mass is 9.82. The average Bonchev–Trinajstić information content (AvgIpc) is 3.54. The van der Waals surface area contributed by atoms with Gasteiger partial charge in [0.1, 0.15) is 11.9 Å². The number of fused-ring (bicyclic) bond motifs is 7. The highest BCUT2D eigenvalue weighted by Crippen LogP contribution is 2.50. The van der Waals surface area contributed by atoms with E-state index in [0.717, 1.165) is 25.0 Å². The van der Waals surface area contributed by atoms with Gasteiger partial charge in [-0.05, 0) is 71.0 Å². The molecule has 0 N–H and O–H groups in total. The van der Waals surface area contributed by atoms with Crippen LogP contribution < -0.4 is 4.74 Å². The van der Waals surface area contributed by atoms with Crippen molar-refractivity contribution in [2.75, 3.05) is 0 Å². The van der Waals surface area contributed by atoms with Gasteiger partial charge in [-0.15, -0.1) is 0 Å². The maximum Gasteiger partial charge on any atom is 0.123 e. The molecule has 4 aromatic carbocycles. The molecule has 37 heavy (non-hydrogen) atoms. The van der Waals surface area contributed by atoms with Crippen LogP contribution in [0.25, 0.3) is 38.6 Å². The van der Waals surface area contributed by atoms with Crippen LogP contribution in [0.3, 0.4) is 0 Å². The number of benzene rings is 4. The van der Waals surface area contributed by atoms with E-state index in [-0.39, 0.29) is 11.5 Å². The van der Waals surface area contributed by atoms with Gasteiger partial charge in [0, 0.05) is 34.7 Å². The molecule has 0 spiro atoms. The fourth-order valence-corrected chi connectivity index (χ4v) is 6.63. The second-order valence-electron chi connectivity index (χ2n) is 11.3. The number of rotatable bonds is 4. The van der Waals surface area contributed by atoms with Crippen LogP contribution in [0.4, 0.5) is 0 Å². The zero-order valence-corrected chi connectivity index (χ0v) is 22.1. The topological polar surface area (TPSA) is 14.2 Å². The van der Waals surface area contributed by atoms with Crippen molar-refractivity contribution in [1.82, 2.24) is 4.57 Å². The van der Waals surface area contributed by atoms with E-state index in [0.29, 0.717) is 0 Å². The molecule has 1 unspecified atom stereocenters. The zero-order chi connectivity index (χ0) is 25.3. The van der Waals surface area contributed by atoms with Crippen molar-refractivity contribution in [3.05, 3.63) is 107 Å².